The van der Waals surface area contributed by atoms with Crippen LogP contribution in [0.25, 0.3) is 0 Å². The second-order valence-electron chi connectivity index (χ2n) is 4.59. The molecule has 2 aromatic rings. The van der Waals surface area contributed by atoms with Crippen LogP contribution in [0.15, 0.2) is 30.5 Å². The molecule has 3 N–H and O–H groups in total. The van der Waals surface area contributed by atoms with Crippen molar-refractivity contribution in [2.75, 3.05) is 0 Å². The fourth-order valence-corrected chi connectivity index (χ4v) is 1.86. The number of pyridine rings is 1. The maximum absolute atomic E-state index is 7.64. The molecule has 98 valence electrons. The number of rotatable bonds is 3. The third-order valence-electron chi connectivity index (χ3n) is 2.94. The molecular weight excluding hydrogens is 238 g/mol. The summed E-state index contributed by atoms with van der Waals surface area (Å²) in [4.78, 5) is 4.18. The van der Waals surface area contributed by atoms with Crippen LogP contribution in [-0.2, 0) is 0 Å². The van der Waals surface area contributed by atoms with Gasteiger partial charge in [-0.1, -0.05) is 12.1 Å². The van der Waals surface area contributed by atoms with Gasteiger partial charge in [0.25, 0.3) is 0 Å². The van der Waals surface area contributed by atoms with Gasteiger partial charge in [-0.2, -0.15) is 0 Å². The Hall–Kier alpha value is -2.36. The zero-order valence-electron chi connectivity index (χ0n) is 11.3. The Bertz CT molecular complexity index is 635. The van der Waals surface area contributed by atoms with E-state index in [2.05, 4.69) is 4.98 Å². The largest absolute Gasteiger partial charge is 0.438 e. The molecular formula is C15H17N3O. The normalized spacial score (nSPS) is 10.3. The Morgan fingerprint density at radius 1 is 1.16 bits per heavy atom. The molecule has 0 fully saturated rings. The van der Waals surface area contributed by atoms with Crippen LogP contribution in [0.2, 0.25) is 0 Å². The van der Waals surface area contributed by atoms with Crippen molar-refractivity contribution in [3.63, 3.8) is 0 Å². The maximum atomic E-state index is 7.64. The van der Waals surface area contributed by atoms with E-state index >= 15 is 0 Å². The molecule has 1 heterocycles. The lowest BCUT2D eigenvalue weighted by Gasteiger charge is -2.13. The number of aromatic nitrogens is 1. The van der Waals surface area contributed by atoms with Crippen molar-refractivity contribution < 1.29 is 4.74 Å². The fraction of sp³-hybridized carbons (Fsp3) is 0.200. The van der Waals surface area contributed by atoms with E-state index in [0.29, 0.717) is 11.4 Å². The standard InChI is InChI=1S/C15H17N3O/c1-9-4-5-10(2)12(8-9)19-15-13(14(16)17)11(3)6-7-18-15/h4-8H,1-3H3,(H3,16,17). The van der Waals surface area contributed by atoms with Gasteiger partial charge >= 0.3 is 0 Å². The molecule has 0 unspecified atom stereocenters. The smallest absolute Gasteiger partial charge is 0.230 e. The number of hydrogen-bond acceptors (Lipinski definition) is 3. The van der Waals surface area contributed by atoms with Crippen LogP contribution in [0.5, 0.6) is 11.6 Å². The number of aryl methyl sites for hydroxylation is 3. The minimum Gasteiger partial charge on any atom is -0.438 e. The van der Waals surface area contributed by atoms with Crippen molar-refractivity contribution in [3.05, 3.63) is 52.7 Å². The van der Waals surface area contributed by atoms with E-state index in [1.165, 1.54) is 0 Å². The molecule has 0 aliphatic heterocycles. The molecule has 19 heavy (non-hydrogen) atoms. The van der Waals surface area contributed by atoms with Gasteiger partial charge in [-0.15, -0.1) is 0 Å². The number of nitrogen functional groups attached to an aromatic ring is 1. The highest BCUT2D eigenvalue weighted by molar-refractivity contribution is 5.98. The van der Waals surface area contributed by atoms with E-state index in [4.69, 9.17) is 15.9 Å². The highest BCUT2D eigenvalue weighted by atomic mass is 16.5. The van der Waals surface area contributed by atoms with Gasteiger partial charge in [-0.3, -0.25) is 5.41 Å². The number of ether oxygens (including phenoxy) is 1. The van der Waals surface area contributed by atoms with E-state index in [1.54, 1.807) is 6.20 Å². The Morgan fingerprint density at radius 3 is 2.58 bits per heavy atom. The predicted octanol–water partition coefficient (Wildman–Crippen LogP) is 3.08. The van der Waals surface area contributed by atoms with Gasteiger partial charge < -0.3 is 10.5 Å². The second-order valence-corrected chi connectivity index (χ2v) is 4.59. The number of nitrogens with one attached hydrogen (secondary N) is 1. The molecule has 1 aromatic heterocycles. The molecule has 0 amide bonds. The Morgan fingerprint density at radius 2 is 1.89 bits per heavy atom. The minimum absolute atomic E-state index is 0.0362. The lowest BCUT2D eigenvalue weighted by molar-refractivity contribution is 0.457. The second kappa shape index (κ2) is 5.10. The first-order chi connectivity index (χ1) is 8.99. The zero-order chi connectivity index (χ0) is 14.0. The lowest BCUT2D eigenvalue weighted by Crippen LogP contribution is -2.15. The number of nitrogens with two attached hydrogens (primary N) is 1. The summed E-state index contributed by atoms with van der Waals surface area (Å²) < 4.78 is 5.83. The first-order valence-corrected chi connectivity index (χ1v) is 6.04. The zero-order valence-corrected chi connectivity index (χ0v) is 11.3. The van der Waals surface area contributed by atoms with Crippen LogP contribution >= 0.6 is 0 Å². The predicted molar refractivity (Wildman–Crippen MR) is 76.0 cm³/mol. The molecule has 4 nitrogen and oxygen atoms in total. The van der Waals surface area contributed by atoms with Crippen molar-refractivity contribution in [3.8, 4) is 11.6 Å². The Kier molecular flexibility index (Phi) is 3.51. The molecule has 0 radical (unpaired) electrons. The van der Waals surface area contributed by atoms with Crippen molar-refractivity contribution in [2.24, 2.45) is 5.73 Å². The summed E-state index contributed by atoms with van der Waals surface area (Å²) in [5.74, 6) is 1.08. The van der Waals surface area contributed by atoms with E-state index in [0.717, 1.165) is 22.4 Å². The first-order valence-electron chi connectivity index (χ1n) is 6.04. The van der Waals surface area contributed by atoms with Gasteiger partial charge in [0.15, 0.2) is 0 Å². The monoisotopic (exact) mass is 255 g/mol. The molecule has 2 rings (SSSR count). The first kappa shape index (κ1) is 13.1. The molecule has 0 bridgehead atoms. The van der Waals surface area contributed by atoms with Gasteiger partial charge in [0.2, 0.25) is 5.88 Å². The van der Waals surface area contributed by atoms with Gasteiger partial charge in [0.1, 0.15) is 11.6 Å². The van der Waals surface area contributed by atoms with Crippen molar-refractivity contribution in [1.82, 2.24) is 4.98 Å². The van der Waals surface area contributed by atoms with Crippen LogP contribution in [0, 0.1) is 26.2 Å². The van der Waals surface area contributed by atoms with Gasteiger partial charge in [0, 0.05) is 6.20 Å². The van der Waals surface area contributed by atoms with Crippen LogP contribution < -0.4 is 10.5 Å². The third kappa shape index (κ3) is 2.73. The lowest BCUT2D eigenvalue weighted by atomic mass is 10.1. The summed E-state index contributed by atoms with van der Waals surface area (Å²) in [6.07, 6.45) is 1.65. The van der Waals surface area contributed by atoms with Crippen LogP contribution in [0.4, 0.5) is 0 Å². The number of amidine groups is 1. The van der Waals surface area contributed by atoms with Gasteiger partial charge in [-0.25, -0.2) is 4.98 Å². The van der Waals surface area contributed by atoms with E-state index < -0.39 is 0 Å². The van der Waals surface area contributed by atoms with Crippen LogP contribution in [-0.4, -0.2) is 10.8 Å². The number of hydrogen-bond donors (Lipinski definition) is 2. The van der Waals surface area contributed by atoms with Crippen molar-refractivity contribution in [2.45, 2.75) is 20.8 Å². The average Bonchev–Trinajstić information content (AvgIpc) is 2.33. The van der Waals surface area contributed by atoms with E-state index in [1.807, 2.05) is 45.0 Å². The summed E-state index contributed by atoms with van der Waals surface area (Å²) in [5.41, 5.74) is 9.15. The molecule has 0 aliphatic carbocycles. The van der Waals surface area contributed by atoms with Crippen LogP contribution in [0.1, 0.15) is 22.3 Å². The highest BCUT2D eigenvalue weighted by Crippen LogP contribution is 2.28. The quantitative estimate of drug-likeness (QED) is 0.654. The van der Waals surface area contributed by atoms with Crippen molar-refractivity contribution >= 4 is 5.84 Å². The Balaban J connectivity index is 2.46. The molecule has 0 atom stereocenters. The maximum Gasteiger partial charge on any atom is 0.230 e. The van der Waals surface area contributed by atoms with Crippen molar-refractivity contribution in [1.29, 1.82) is 5.41 Å². The van der Waals surface area contributed by atoms with Gasteiger partial charge in [0.05, 0.1) is 5.56 Å². The topological polar surface area (TPSA) is 72.0 Å². The number of nitrogens with zero attached hydrogens (tertiary/aromatic N) is 1. The summed E-state index contributed by atoms with van der Waals surface area (Å²) in [7, 11) is 0. The molecule has 1 aromatic carbocycles. The summed E-state index contributed by atoms with van der Waals surface area (Å²) in [6.45, 7) is 5.86. The van der Waals surface area contributed by atoms with E-state index in [9.17, 15) is 0 Å². The summed E-state index contributed by atoms with van der Waals surface area (Å²) >= 11 is 0. The van der Waals surface area contributed by atoms with Crippen LogP contribution in [0.3, 0.4) is 0 Å². The SMILES string of the molecule is Cc1ccc(C)c(Oc2nccc(C)c2C(=N)N)c1. The Labute approximate surface area is 112 Å². The molecule has 0 aliphatic rings. The molecule has 0 saturated heterocycles. The van der Waals surface area contributed by atoms with E-state index in [-0.39, 0.29) is 5.84 Å². The molecule has 0 saturated carbocycles. The average molecular weight is 255 g/mol. The van der Waals surface area contributed by atoms with Gasteiger partial charge in [-0.05, 0) is 49.6 Å². The fourth-order valence-electron chi connectivity index (χ4n) is 1.86. The minimum atomic E-state index is -0.0362. The summed E-state index contributed by atoms with van der Waals surface area (Å²) in [6, 6.07) is 7.78. The highest BCUT2D eigenvalue weighted by Gasteiger charge is 2.13. The number of benzene rings is 1. The summed E-state index contributed by atoms with van der Waals surface area (Å²) in [5, 5.41) is 7.64. The third-order valence-corrected chi connectivity index (χ3v) is 2.94. The molecule has 0 spiro atoms. The molecule has 4 heteroatoms.